The molecule has 0 aliphatic heterocycles. The second-order valence-electron chi connectivity index (χ2n) is 7.61. The van der Waals surface area contributed by atoms with Gasteiger partial charge in [-0.15, -0.1) is 10.2 Å². The predicted molar refractivity (Wildman–Crippen MR) is 135 cm³/mol. The summed E-state index contributed by atoms with van der Waals surface area (Å²) in [4.78, 5) is 12.4. The van der Waals surface area contributed by atoms with Crippen LogP contribution in [0.1, 0.15) is 15.9 Å². The van der Waals surface area contributed by atoms with Gasteiger partial charge < -0.3 is 19.4 Å². The van der Waals surface area contributed by atoms with Crippen LogP contribution in [0.15, 0.2) is 78.0 Å². The van der Waals surface area contributed by atoms with E-state index < -0.39 is 0 Å². The maximum absolute atomic E-state index is 12.4. The molecule has 8 heteroatoms. The maximum Gasteiger partial charge on any atom is 0.255 e. The minimum Gasteiger partial charge on any atom is -0.493 e. The maximum atomic E-state index is 12.4. The van der Waals surface area contributed by atoms with Gasteiger partial charge in [0.25, 0.3) is 5.91 Å². The van der Waals surface area contributed by atoms with Crippen LogP contribution in [0.5, 0.6) is 11.5 Å². The number of benzene rings is 3. The van der Waals surface area contributed by atoms with E-state index in [2.05, 4.69) is 15.5 Å². The van der Waals surface area contributed by atoms with Gasteiger partial charge in [0.1, 0.15) is 0 Å². The van der Waals surface area contributed by atoms with E-state index >= 15 is 0 Å². The van der Waals surface area contributed by atoms with Crippen LogP contribution >= 0.6 is 11.8 Å². The summed E-state index contributed by atoms with van der Waals surface area (Å²) < 4.78 is 13.1. The van der Waals surface area contributed by atoms with Crippen molar-refractivity contribution < 1.29 is 14.3 Å². The van der Waals surface area contributed by atoms with Crippen molar-refractivity contribution in [1.29, 1.82) is 0 Å². The highest BCUT2D eigenvalue weighted by Gasteiger charge is 2.12. The third-order valence-corrected chi connectivity index (χ3v) is 6.18. The number of nitrogens with one attached hydrogen (secondary N) is 1. The average Bonchev–Trinajstić information content (AvgIpc) is 3.23. The number of methoxy groups -OCH3 is 1. The van der Waals surface area contributed by atoms with Crippen LogP contribution in [0.25, 0.3) is 11.4 Å². The second-order valence-corrected chi connectivity index (χ2v) is 8.67. The third-order valence-electron chi connectivity index (χ3n) is 5.19. The van der Waals surface area contributed by atoms with Crippen molar-refractivity contribution in [3.63, 3.8) is 0 Å². The Bertz CT molecular complexity index is 1250. The van der Waals surface area contributed by atoms with Crippen LogP contribution in [0.2, 0.25) is 0 Å². The fourth-order valence-electron chi connectivity index (χ4n) is 3.33. The number of ether oxygens (including phenoxy) is 2. The second kappa shape index (κ2) is 10.9. The van der Waals surface area contributed by atoms with Gasteiger partial charge in [-0.3, -0.25) is 4.79 Å². The van der Waals surface area contributed by atoms with E-state index in [0.717, 1.165) is 33.5 Å². The molecule has 0 atom stereocenters. The Morgan fingerprint density at radius 3 is 2.38 bits per heavy atom. The number of para-hydroxylation sites is 2. The SMILES string of the molecule is COc1ccccc1OCCSc1nnc(-c2ccc(NC(=O)c3ccc(C)cc3)cc2)n1C. The Morgan fingerprint density at radius 2 is 1.68 bits per heavy atom. The number of rotatable bonds is 9. The molecule has 0 spiro atoms. The molecule has 0 aliphatic rings. The Hall–Kier alpha value is -3.78. The fraction of sp³-hybridized carbons (Fsp3) is 0.192. The molecule has 1 heterocycles. The lowest BCUT2D eigenvalue weighted by atomic mass is 10.1. The lowest BCUT2D eigenvalue weighted by Gasteiger charge is -2.10. The molecule has 0 saturated carbocycles. The molecule has 0 radical (unpaired) electrons. The van der Waals surface area contributed by atoms with E-state index in [0.29, 0.717) is 23.7 Å². The molecule has 174 valence electrons. The van der Waals surface area contributed by atoms with E-state index in [9.17, 15) is 4.79 Å². The highest BCUT2D eigenvalue weighted by atomic mass is 32.2. The van der Waals surface area contributed by atoms with Gasteiger partial charge >= 0.3 is 0 Å². The van der Waals surface area contributed by atoms with E-state index in [1.54, 1.807) is 18.9 Å². The molecule has 4 rings (SSSR count). The summed E-state index contributed by atoms with van der Waals surface area (Å²) >= 11 is 1.57. The Kier molecular flexibility index (Phi) is 7.49. The molecule has 0 bridgehead atoms. The minimum atomic E-state index is -0.138. The summed E-state index contributed by atoms with van der Waals surface area (Å²) in [5, 5.41) is 12.4. The van der Waals surface area contributed by atoms with Crippen molar-refractivity contribution >= 4 is 23.4 Å². The standard InChI is InChI=1S/C26H26N4O3S/c1-18-8-10-20(11-9-18)25(31)27-21-14-12-19(13-15-21)24-28-29-26(30(24)2)34-17-16-33-23-7-5-4-6-22(23)32-3/h4-15H,16-17H2,1-3H3,(H,27,31). The Balaban J connectivity index is 1.33. The van der Waals surface area contributed by atoms with E-state index in [1.165, 1.54) is 0 Å². The Labute approximate surface area is 203 Å². The molecule has 0 aliphatic carbocycles. The number of aryl methyl sites for hydroxylation is 1. The van der Waals surface area contributed by atoms with Crippen LogP contribution in [0, 0.1) is 6.92 Å². The predicted octanol–water partition coefficient (Wildman–Crippen LogP) is 5.22. The smallest absolute Gasteiger partial charge is 0.255 e. The van der Waals surface area contributed by atoms with Gasteiger partial charge in [0, 0.05) is 29.6 Å². The highest BCUT2D eigenvalue weighted by molar-refractivity contribution is 7.99. The number of nitrogens with zero attached hydrogens (tertiary/aromatic N) is 3. The zero-order valence-corrected chi connectivity index (χ0v) is 20.1. The van der Waals surface area contributed by atoms with Crippen LogP contribution < -0.4 is 14.8 Å². The van der Waals surface area contributed by atoms with Gasteiger partial charge in [0.2, 0.25) is 0 Å². The largest absolute Gasteiger partial charge is 0.493 e. The van der Waals surface area contributed by atoms with Gasteiger partial charge in [-0.1, -0.05) is 41.6 Å². The minimum absolute atomic E-state index is 0.138. The van der Waals surface area contributed by atoms with Crippen LogP contribution in [0.4, 0.5) is 5.69 Å². The van der Waals surface area contributed by atoms with Gasteiger partial charge in [-0.2, -0.15) is 0 Å². The molecule has 1 aromatic heterocycles. The van der Waals surface area contributed by atoms with Crippen molar-refractivity contribution in [3.05, 3.63) is 83.9 Å². The third kappa shape index (κ3) is 5.58. The first-order valence-electron chi connectivity index (χ1n) is 10.8. The lowest BCUT2D eigenvalue weighted by molar-refractivity contribution is 0.102. The number of carbonyl (C=O) groups is 1. The summed E-state index contributed by atoms with van der Waals surface area (Å²) in [6, 6.07) is 22.6. The molecule has 0 saturated heterocycles. The van der Waals surface area contributed by atoms with E-state index in [4.69, 9.17) is 9.47 Å². The normalized spacial score (nSPS) is 10.7. The molecule has 7 nitrogen and oxygen atoms in total. The molecule has 1 N–H and O–H groups in total. The first kappa shape index (κ1) is 23.4. The number of thioether (sulfide) groups is 1. The molecule has 3 aromatic carbocycles. The molecular formula is C26H26N4O3S. The average molecular weight is 475 g/mol. The first-order valence-corrected chi connectivity index (χ1v) is 11.8. The summed E-state index contributed by atoms with van der Waals surface area (Å²) in [7, 11) is 3.56. The van der Waals surface area contributed by atoms with E-state index in [1.807, 2.05) is 91.3 Å². The first-order chi connectivity index (χ1) is 16.5. The monoisotopic (exact) mass is 474 g/mol. The molecule has 1 amide bonds. The molecule has 4 aromatic rings. The molecule has 0 unspecified atom stereocenters. The summed E-state index contributed by atoms with van der Waals surface area (Å²) in [5.41, 5.74) is 3.38. The quantitative estimate of drug-likeness (QED) is 0.265. The van der Waals surface area contributed by atoms with Gasteiger partial charge in [0.05, 0.1) is 13.7 Å². The number of hydrogen-bond acceptors (Lipinski definition) is 6. The van der Waals surface area contributed by atoms with Gasteiger partial charge in [0.15, 0.2) is 22.5 Å². The summed E-state index contributed by atoms with van der Waals surface area (Å²) in [5.74, 6) is 2.77. The molecular weight excluding hydrogens is 448 g/mol. The van der Waals surface area contributed by atoms with Crippen LogP contribution in [0.3, 0.4) is 0 Å². The van der Waals surface area contributed by atoms with Crippen LogP contribution in [-0.2, 0) is 7.05 Å². The van der Waals surface area contributed by atoms with Crippen molar-refractivity contribution in [2.45, 2.75) is 12.1 Å². The molecule has 34 heavy (non-hydrogen) atoms. The topological polar surface area (TPSA) is 78.3 Å². The van der Waals surface area contributed by atoms with Crippen molar-refractivity contribution in [1.82, 2.24) is 14.8 Å². The summed E-state index contributed by atoms with van der Waals surface area (Å²) in [6.07, 6.45) is 0. The van der Waals surface area contributed by atoms with Crippen LogP contribution in [-0.4, -0.2) is 40.1 Å². The van der Waals surface area contributed by atoms with Crippen molar-refractivity contribution in [2.24, 2.45) is 7.05 Å². The number of aromatic nitrogens is 3. The lowest BCUT2D eigenvalue weighted by Crippen LogP contribution is -2.11. The Morgan fingerprint density at radius 1 is 0.971 bits per heavy atom. The van der Waals surface area contributed by atoms with Crippen molar-refractivity contribution in [2.75, 3.05) is 24.8 Å². The zero-order chi connectivity index (χ0) is 23.9. The number of amides is 1. The van der Waals surface area contributed by atoms with Gasteiger partial charge in [-0.25, -0.2) is 0 Å². The number of carbonyl (C=O) groups excluding carboxylic acids is 1. The van der Waals surface area contributed by atoms with Crippen molar-refractivity contribution in [3.8, 4) is 22.9 Å². The molecule has 0 fully saturated rings. The van der Waals surface area contributed by atoms with Gasteiger partial charge in [-0.05, 0) is 55.5 Å². The zero-order valence-electron chi connectivity index (χ0n) is 19.3. The highest BCUT2D eigenvalue weighted by Crippen LogP contribution is 2.27. The summed E-state index contributed by atoms with van der Waals surface area (Å²) in [6.45, 7) is 2.51. The van der Waals surface area contributed by atoms with E-state index in [-0.39, 0.29) is 5.91 Å². The number of anilines is 1. The number of hydrogen-bond donors (Lipinski definition) is 1. The fourth-order valence-corrected chi connectivity index (χ4v) is 4.05.